The van der Waals surface area contributed by atoms with Crippen LogP contribution in [0.3, 0.4) is 0 Å². The van der Waals surface area contributed by atoms with Crippen molar-refractivity contribution in [2.24, 2.45) is 0 Å². The summed E-state index contributed by atoms with van der Waals surface area (Å²) >= 11 is 0. The van der Waals surface area contributed by atoms with E-state index in [4.69, 9.17) is 0 Å². The van der Waals surface area contributed by atoms with E-state index in [1.54, 1.807) is 0 Å². The molecule has 3 rings (SSSR count). The van der Waals surface area contributed by atoms with Crippen LogP contribution in [0.5, 0.6) is 0 Å². The first-order chi connectivity index (χ1) is 10.9. The van der Waals surface area contributed by atoms with Gasteiger partial charge < -0.3 is 10.6 Å². The van der Waals surface area contributed by atoms with E-state index in [1.807, 2.05) is 0 Å². The average Bonchev–Trinajstić information content (AvgIpc) is 2.48. The molecule has 0 saturated heterocycles. The summed E-state index contributed by atoms with van der Waals surface area (Å²) in [5.41, 5.74) is 0.457. The van der Waals surface area contributed by atoms with Gasteiger partial charge in [0.15, 0.2) is 0 Å². The Kier molecular flexibility index (Phi) is 3.77. The van der Waals surface area contributed by atoms with Crippen LogP contribution < -0.4 is 10.6 Å². The van der Waals surface area contributed by atoms with Crippen molar-refractivity contribution in [3.05, 3.63) is 59.4 Å². The minimum atomic E-state index is -0.919. The fourth-order valence-corrected chi connectivity index (χ4v) is 2.48. The van der Waals surface area contributed by atoms with Crippen LogP contribution in [0.25, 0.3) is 0 Å². The van der Waals surface area contributed by atoms with E-state index in [0.29, 0.717) is 11.6 Å². The van der Waals surface area contributed by atoms with E-state index in [-0.39, 0.29) is 17.8 Å². The lowest BCUT2D eigenvalue weighted by Gasteiger charge is -2.25. The van der Waals surface area contributed by atoms with E-state index in [9.17, 15) is 22.8 Å². The Bertz CT molecular complexity index is 808. The number of rotatable bonds is 2. The molecular weight excluding hydrogens is 309 g/mol. The summed E-state index contributed by atoms with van der Waals surface area (Å²) < 4.78 is 39.8. The summed E-state index contributed by atoms with van der Waals surface area (Å²) in [5, 5.41) is 4.81. The fraction of sp³-hybridized carbons (Fsp3) is 0.125. The highest BCUT2D eigenvalue weighted by atomic mass is 19.1. The van der Waals surface area contributed by atoms with E-state index >= 15 is 0 Å². The maximum atomic E-state index is 13.6. The van der Waals surface area contributed by atoms with E-state index in [0.717, 1.165) is 18.2 Å². The Morgan fingerprint density at radius 3 is 2.52 bits per heavy atom. The lowest BCUT2D eigenvalue weighted by molar-refractivity contribution is -0.123. The second-order valence-electron chi connectivity index (χ2n) is 5.15. The SMILES string of the molecule is O=C1CC(C(=O)Nc2ccc(F)cc2F)c2ccc(F)cc2N1. The molecule has 0 aliphatic carbocycles. The summed E-state index contributed by atoms with van der Waals surface area (Å²) in [7, 11) is 0. The number of hydrogen-bond acceptors (Lipinski definition) is 2. The molecule has 0 bridgehead atoms. The largest absolute Gasteiger partial charge is 0.326 e. The molecule has 1 atom stereocenters. The third-order valence-corrected chi connectivity index (χ3v) is 3.56. The Morgan fingerprint density at radius 1 is 1.09 bits per heavy atom. The molecule has 7 heteroatoms. The van der Waals surface area contributed by atoms with Crippen LogP contribution in [0.1, 0.15) is 17.9 Å². The number of fused-ring (bicyclic) bond motifs is 1. The Balaban J connectivity index is 1.89. The van der Waals surface area contributed by atoms with Gasteiger partial charge in [0, 0.05) is 18.2 Å². The molecule has 1 aliphatic rings. The van der Waals surface area contributed by atoms with Crippen molar-refractivity contribution in [2.75, 3.05) is 10.6 Å². The monoisotopic (exact) mass is 320 g/mol. The normalized spacial score (nSPS) is 16.5. The quantitative estimate of drug-likeness (QED) is 0.893. The summed E-state index contributed by atoms with van der Waals surface area (Å²) in [6.07, 6.45) is -0.146. The molecule has 1 aliphatic heterocycles. The van der Waals surface area contributed by atoms with Gasteiger partial charge in [0.2, 0.25) is 11.8 Å². The smallest absolute Gasteiger partial charge is 0.232 e. The van der Waals surface area contributed by atoms with Gasteiger partial charge in [-0.05, 0) is 29.8 Å². The third-order valence-electron chi connectivity index (χ3n) is 3.56. The van der Waals surface area contributed by atoms with Gasteiger partial charge in [0.1, 0.15) is 17.5 Å². The van der Waals surface area contributed by atoms with Gasteiger partial charge in [-0.15, -0.1) is 0 Å². The number of amides is 2. The maximum absolute atomic E-state index is 13.6. The van der Waals surface area contributed by atoms with E-state index < -0.39 is 35.2 Å². The molecule has 118 valence electrons. The first kappa shape index (κ1) is 15.1. The Hall–Kier alpha value is -2.83. The molecule has 2 N–H and O–H groups in total. The number of carbonyl (C=O) groups excluding carboxylic acids is 2. The zero-order valence-electron chi connectivity index (χ0n) is 11.7. The van der Waals surface area contributed by atoms with Gasteiger partial charge in [0.25, 0.3) is 0 Å². The molecular formula is C16H11F3N2O2. The number of carbonyl (C=O) groups is 2. The van der Waals surface area contributed by atoms with Crippen molar-refractivity contribution < 1.29 is 22.8 Å². The third kappa shape index (κ3) is 3.03. The first-order valence-corrected chi connectivity index (χ1v) is 6.79. The molecule has 0 spiro atoms. The molecule has 23 heavy (non-hydrogen) atoms. The van der Waals surface area contributed by atoms with Gasteiger partial charge in [-0.25, -0.2) is 13.2 Å². The highest BCUT2D eigenvalue weighted by molar-refractivity contribution is 6.05. The minimum absolute atomic E-state index is 0.146. The number of nitrogens with one attached hydrogen (secondary N) is 2. The molecule has 4 nitrogen and oxygen atoms in total. The van der Waals surface area contributed by atoms with Gasteiger partial charge >= 0.3 is 0 Å². The lowest BCUT2D eigenvalue weighted by atomic mass is 9.89. The van der Waals surface area contributed by atoms with Crippen molar-refractivity contribution in [3.63, 3.8) is 0 Å². The second-order valence-corrected chi connectivity index (χ2v) is 5.15. The van der Waals surface area contributed by atoms with Crippen LogP contribution in [-0.4, -0.2) is 11.8 Å². The van der Waals surface area contributed by atoms with Crippen molar-refractivity contribution in [1.29, 1.82) is 0 Å². The van der Waals surface area contributed by atoms with Crippen LogP contribution in [-0.2, 0) is 9.59 Å². The topological polar surface area (TPSA) is 58.2 Å². The van der Waals surface area contributed by atoms with Crippen LogP contribution in [0.4, 0.5) is 24.5 Å². The molecule has 2 aromatic carbocycles. The van der Waals surface area contributed by atoms with E-state index in [2.05, 4.69) is 10.6 Å². The predicted octanol–water partition coefficient (Wildman–Crippen LogP) is 3.17. The van der Waals surface area contributed by atoms with Gasteiger partial charge in [-0.2, -0.15) is 0 Å². The van der Waals surface area contributed by atoms with Crippen molar-refractivity contribution in [1.82, 2.24) is 0 Å². The van der Waals surface area contributed by atoms with Crippen LogP contribution >= 0.6 is 0 Å². The zero-order valence-corrected chi connectivity index (χ0v) is 11.7. The van der Waals surface area contributed by atoms with Gasteiger partial charge in [-0.3, -0.25) is 9.59 Å². The number of anilines is 2. The van der Waals surface area contributed by atoms with Crippen LogP contribution in [0, 0.1) is 17.5 Å². The van der Waals surface area contributed by atoms with Crippen LogP contribution in [0.2, 0.25) is 0 Å². The van der Waals surface area contributed by atoms with E-state index in [1.165, 1.54) is 12.1 Å². The molecule has 2 aromatic rings. The highest BCUT2D eigenvalue weighted by Crippen LogP contribution is 2.33. The lowest BCUT2D eigenvalue weighted by Crippen LogP contribution is -2.31. The molecule has 0 radical (unpaired) electrons. The molecule has 1 heterocycles. The highest BCUT2D eigenvalue weighted by Gasteiger charge is 2.31. The van der Waals surface area contributed by atoms with Crippen molar-refractivity contribution in [2.45, 2.75) is 12.3 Å². The zero-order chi connectivity index (χ0) is 16.6. The number of benzene rings is 2. The predicted molar refractivity (Wildman–Crippen MR) is 77.4 cm³/mol. The average molecular weight is 320 g/mol. The van der Waals surface area contributed by atoms with Gasteiger partial charge in [-0.1, -0.05) is 6.07 Å². The second kappa shape index (κ2) is 5.75. The molecule has 1 unspecified atom stereocenters. The Morgan fingerprint density at radius 2 is 1.78 bits per heavy atom. The number of hydrogen-bond donors (Lipinski definition) is 2. The molecule has 0 aromatic heterocycles. The first-order valence-electron chi connectivity index (χ1n) is 6.79. The fourth-order valence-electron chi connectivity index (χ4n) is 2.48. The number of halogens is 3. The summed E-state index contributed by atoms with van der Waals surface area (Å²) in [5.74, 6) is -4.18. The Labute approximate surface area is 129 Å². The molecule has 0 fully saturated rings. The summed E-state index contributed by atoms with van der Waals surface area (Å²) in [6, 6.07) is 6.44. The van der Waals surface area contributed by atoms with Crippen LogP contribution in [0.15, 0.2) is 36.4 Å². The molecule has 2 amide bonds. The van der Waals surface area contributed by atoms with Gasteiger partial charge in [0.05, 0.1) is 11.6 Å². The van der Waals surface area contributed by atoms with Crippen molar-refractivity contribution >= 4 is 23.2 Å². The molecule has 0 saturated carbocycles. The minimum Gasteiger partial charge on any atom is -0.326 e. The van der Waals surface area contributed by atoms with Crippen molar-refractivity contribution in [3.8, 4) is 0 Å². The summed E-state index contributed by atoms with van der Waals surface area (Å²) in [4.78, 5) is 24.0. The standard InChI is InChI=1S/C16H11F3N2O2/c17-8-2-4-13(12(19)5-8)21-16(23)11-7-15(22)20-14-6-9(18)1-3-10(11)14/h1-6,11H,7H2,(H,20,22)(H,21,23). The summed E-state index contributed by atoms with van der Waals surface area (Å²) in [6.45, 7) is 0. The maximum Gasteiger partial charge on any atom is 0.232 e.